The fourth-order valence-corrected chi connectivity index (χ4v) is 2.97. The van der Waals surface area contributed by atoms with Crippen LogP contribution in [0.25, 0.3) is 0 Å². The van der Waals surface area contributed by atoms with Gasteiger partial charge in [-0.2, -0.15) is 0 Å². The van der Waals surface area contributed by atoms with E-state index >= 15 is 0 Å². The molecule has 0 saturated heterocycles. The van der Waals surface area contributed by atoms with Crippen LogP contribution >= 0.6 is 0 Å². The van der Waals surface area contributed by atoms with Crippen LogP contribution in [0, 0.1) is 11.7 Å². The first-order valence-electron chi connectivity index (χ1n) is 8.40. The Morgan fingerprint density at radius 3 is 2.84 bits per heavy atom. The van der Waals surface area contributed by atoms with Crippen molar-refractivity contribution in [1.29, 1.82) is 0 Å². The number of anilines is 1. The Bertz CT molecular complexity index is 814. The van der Waals surface area contributed by atoms with Gasteiger partial charge in [-0.1, -0.05) is 25.0 Å². The Labute approximate surface area is 145 Å². The molecule has 1 aliphatic rings. The number of aromatic nitrogens is 1. The van der Waals surface area contributed by atoms with Gasteiger partial charge in [0.1, 0.15) is 5.82 Å². The minimum Gasteiger partial charge on any atom is -0.453 e. The number of hydrogen-bond donors (Lipinski definition) is 1. The monoisotopic (exact) mass is 344 g/mol. The predicted octanol–water partition coefficient (Wildman–Crippen LogP) is 3.95. The van der Waals surface area contributed by atoms with Crippen molar-refractivity contribution in [2.75, 3.05) is 12.4 Å². The Hall–Kier alpha value is -2.63. The van der Waals surface area contributed by atoms with Crippen molar-refractivity contribution >= 4 is 11.8 Å². The Balaban J connectivity index is 1.94. The molecule has 1 aromatic heterocycles. The molecule has 1 unspecified atom stereocenters. The highest BCUT2D eigenvalue weighted by atomic mass is 19.1. The summed E-state index contributed by atoms with van der Waals surface area (Å²) < 4.78 is 20.2. The van der Waals surface area contributed by atoms with Crippen molar-refractivity contribution < 1.29 is 13.9 Å². The minimum atomic E-state index is -0.734. The van der Waals surface area contributed by atoms with E-state index in [1.165, 1.54) is 32.1 Å². The summed E-state index contributed by atoms with van der Waals surface area (Å²) in [5.74, 6) is 0.172. The van der Waals surface area contributed by atoms with E-state index in [9.17, 15) is 14.0 Å². The molecule has 0 radical (unpaired) electrons. The molecular weight excluding hydrogens is 323 g/mol. The van der Waals surface area contributed by atoms with E-state index < -0.39 is 11.9 Å². The van der Waals surface area contributed by atoms with Crippen LogP contribution in [0.2, 0.25) is 0 Å². The standard InChI is InChI=1S/C19H21FN2O3/c1-25-19(24)21-16-12-14(8-9-15(16)20)17(10-7-13-5-6-13)22-11-3-2-4-18(22)23/h2-4,8-9,11-13,17H,5-7,10H2,1H3,(H,21,24). The van der Waals surface area contributed by atoms with E-state index in [1.54, 1.807) is 29.0 Å². The molecule has 0 aliphatic heterocycles. The van der Waals surface area contributed by atoms with Crippen molar-refractivity contribution in [3.63, 3.8) is 0 Å². The molecule has 132 valence electrons. The van der Waals surface area contributed by atoms with Gasteiger partial charge in [0, 0.05) is 12.3 Å². The molecule has 1 saturated carbocycles. The van der Waals surface area contributed by atoms with Crippen molar-refractivity contribution in [3.8, 4) is 0 Å². The third-order valence-corrected chi connectivity index (χ3v) is 4.53. The summed E-state index contributed by atoms with van der Waals surface area (Å²) in [6.45, 7) is 0. The van der Waals surface area contributed by atoms with Crippen molar-refractivity contribution in [2.45, 2.75) is 31.7 Å². The van der Waals surface area contributed by atoms with Gasteiger partial charge in [-0.25, -0.2) is 9.18 Å². The number of hydrogen-bond acceptors (Lipinski definition) is 3. The summed E-state index contributed by atoms with van der Waals surface area (Å²) in [4.78, 5) is 23.7. The predicted molar refractivity (Wildman–Crippen MR) is 93.2 cm³/mol. The topological polar surface area (TPSA) is 60.3 Å². The van der Waals surface area contributed by atoms with Crippen LogP contribution in [0.3, 0.4) is 0 Å². The molecule has 1 amide bonds. The third kappa shape index (κ3) is 4.26. The molecule has 1 heterocycles. The van der Waals surface area contributed by atoms with E-state index in [-0.39, 0.29) is 17.3 Å². The zero-order chi connectivity index (χ0) is 17.8. The Morgan fingerprint density at radius 2 is 2.16 bits per heavy atom. The fourth-order valence-electron chi connectivity index (χ4n) is 2.97. The summed E-state index contributed by atoms with van der Waals surface area (Å²) in [7, 11) is 1.22. The Morgan fingerprint density at radius 1 is 1.36 bits per heavy atom. The van der Waals surface area contributed by atoms with E-state index in [0.29, 0.717) is 0 Å². The lowest BCUT2D eigenvalue weighted by Gasteiger charge is -2.21. The van der Waals surface area contributed by atoms with E-state index in [1.807, 2.05) is 6.07 Å². The molecular formula is C19H21FN2O3. The van der Waals surface area contributed by atoms with Crippen LogP contribution < -0.4 is 10.9 Å². The molecule has 1 aromatic carbocycles. The number of nitrogens with zero attached hydrogens (tertiary/aromatic N) is 1. The maximum absolute atomic E-state index is 14.0. The highest BCUT2D eigenvalue weighted by Gasteiger charge is 2.24. The van der Waals surface area contributed by atoms with Gasteiger partial charge in [0.2, 0.25) is 0 Å². The molecule has 1 atom stereocenters. The fraction of sp³-hybridized carbons (Fsp3) is 0.368. The van der Waals surface area contributed by atoms with Gasteiger partial charge in [0.05, 0.1) is 18.8 Å². The second-order valence-corrected chi connectivity index (χ2v) is 6.34. The van der Waals surface area contributed by atoms with Gasteiger partial charge in [0.25, 0.3) is 5.56 Å². The Kier molecular flexibility index (Phi) is 5.16. The summed E-state index contributed by atoms with van der Waals surface area (Å²) in [6.07, 6.45) is 5.28. The molecule has 0 bridgehead atoms. The largest absolute Gasteiger partial charge is 0.453 e. The maximum Gasteiger partial charge on any atom is 0.411 e. The first-order valence-corrected chi connectivity index (χ1v) is 8.40. The number of benzene rings is 1. The number of nitrogens with one attached hydrogen (secondary N) is 1. The van der Waals surface area contributed by atoms with Gasteiger partial charge >= 0.3 is 6.09 Å². The van der Waals surface area contributed by atoms with E-state index in [0.717, 1.165) is 24.3 Å². The number of carbonyl (C=O) groups excluding carboxylic acids is 1. The van der Waals surface area contributed by atoms with Crippen LogP contribution in [0.5, 0.6) is 0 Å². The van der Waals surface area contributed by atoms with Crippen molar-refractivity contribution in [3.05, 3.63) is 64.3 Å². The smallest absolute Gasteiger partial charge is 0.411 e. The summed E-state index contributed by atoms with van der Waals surface area (Å²) in [5, 5.41) is 2.37. The lowest BCUT2D eigenvalue weighted by molar-refractivity contribution is 0.187. The minimum absolute atomic E-state index is 0.0461. The van der Waals surface area contributed by atoms with Gasteiger partial charge in [-0.3, -0.25) is 10.1 Å². The van der Waals surface area contributed by atoms with Gasteiger partial charge < -0.3 is 9.30 Å². The normalized spacial score (nSPS) is 14.8. The zero-order valence-corrected chi connectivity index (χ0v) is 14.1. The van der Waals surface area contributed by atoms with Crippen LogP contribution in [-0.2, 0) is 4.74 Å². The van der Waals surface area contributed by atoms with Gasteiger partial charge in [-0.05, 0) is 42.5 Å². The number of pyridine rings is 1. The molecule has 3 rings (SSSR count). The number of carbonyl (C=O) groups is 1. The second-order valence-electron chi connectivity index (χ2n) is 6.34. The SMILES string of the molecule is COC(=O)Nc1cc(C(CCC2CC2)n2ccccc2=O)ccc1F. The summed E-state index contributed by atoms with van der Waals surface area (Å²) in [5.41, 5.74) is 0.724. The highest BCUT2D eigenvalue weighted by molar-refractivity contribution is 5.84. The first-order chi connectivity index (χ1) is 12.1. The summed E-state index contributed by atoms with van der Waals surface area (Å²) >= 11 is 0. The second kappa shape index (κ2) is 7.51. The number of methoxy groups -OCH3 is 1. The van der Waals surface area contributed by atoms with Crippen molar-refractivity contribution in [2.24, 2.45) is 5.92 Å². The molecule has 1 fully saturated rings. The molecule has 25 heavy (non-hydrogen) atoms. The number of halogens is 1. The maximum atomic E-state index is 14.0. The quantitative estimate of drug-likeness (QED) is 0.863. The van der Waals surface area contributed by atoms with Crippen LogP contribution in [0.1, 0.15) is 37.3 Å². The molecule has 1 N–H and O–H groups in total. The average molecular weight is 344 g/mol. The van der Waals surface area contributed by atoms with E-state index in [4.69, 9.17) is 0 Å². The highest BCUT2D eigenvalue weighted by Crippen LogP contribution is 2.37. The molecule has 6 heteroatoms. The summed E-state index contributed by atoms with van der Waals surface area (Å²) in [6, 6.07) is 9.36. The van der Waals surface area contributed by atoms with Crippen LogP contribution in [0.4, 0.5) is 14.9 Å². The van der Waals surface area contributed by atoms with Crippen LogP contribution in [-0.4, -0.2) is 17.8 Å². The molecule has 2 aromatic rings. The van der Waals surface area contributed by atoms with Crippen molar-refractivity contribution in [1.82, 2.24) is 4.57 Å². The molecule has 5 nitrogen and oxygen atoms in total. The van der Waals surface area contributed by atoms with Gasteiger partial charge in [-0.15, -0.1) is 0 Å². The molecule has 0 spiro atoms. The zero-order valence-electron chi connectivity index (χ0n) is 14.1. The average Bonchev–Trinajstić information content (AvgIpc) is 3.43. The number of ether oxygens (including phenoxy) is 1. The number of rotatable bonds is 6. The van der Waals surface area contributed by atoms with Crippen LogP contribution in [0.15, 0.2) is 47.4 Å². The first kappa shape index (κ1) is 17.2. The molecule has 1 aliphatic carbocycles. The lowest BCUT2D eigenvalue weighted by atomic mass is 9.99. The van der Waals surface area contributed by atoms with Gasteiger partial charge in [0.15, 0.2) is 0 Å². The third-order valence-electron chi connectivity index (χ3n) is 4.53. The number of amides is 1. The lowest BCUT2D eigenvalue weighted by Crippen LogP contribution is -2.24. The van der Waals surface area contributed by atoms with E-state index in [2.05, 4.69) is 10.1 Å².